The molecule has 1 aliphatic rings. The molecule has 0 aliphatic heterocycles. The lowest BCUT2D eigenvalue weighted by atomic mass is 9.91. The Morgan fingerprint density at radius 3 is 2.47 bits per heavy atom. The molecule has 1 rings (SSSR count). The first kappa shape index (κ1) is 12.2. The zero-order valence-corrected chi connectivity index (χ0v) is 10.0. The highest BCUT2D eigenvalue weighted by atomic mass is 16.7. The van der Waals surface area contributed by atoms with Crippen molar-refractivity contribution in [3.05, 3.63) is 0 Å². The van der Waals surface area contributed by atoms with Crippen LogP contribution in [0.4, 0.5) is 0 Å². The van der Waals surface area contributed by atoms with Gasteiger partial charge in [0.25, 0.3) is 0 Å². The highest BCUT2D eigenvalue weighted by Gasteiger charge is 2.27. The van der Waals surface area contributed by atoms with Gasteiger partial charge in [0.05, 0.1) is 11.1 Å². The van der Waals surface area contributed by atoms with Crippen LogP contribution >= 0.6 is 0 Å². The number of nitrogens with zero attached hydrogens (tertiary/aromatic N) is 1. The quantitative estimate of drug-likeness (QED) is 0.530. The second-order valence-electron chi connectivity index (χ2n) is 4.83. The second-order valence-corrected chi connectivity index (χ2v) is 4.83. The highest BCUT2D eigenvalue weighted by molar-refractivity contribution is 5.85. The zero-order chi connectivity index (χ0) is 11.3. The third-order valence-corrected chi connectivity index (χ3v) is 3.12. The minimum Gasteiger partial charge on any atom is -0.318 e. The van der Waals surface area contributed by atoms with Gasteiger partial charge in [-0.15, -0.1) is 0 Å². The van der Waals surface area contributed by atoms with Gasteiger partial charge in [-0.2, -0.15) is 0 Å². The minimum absolute atomic E-state index is 0.219. The third kappa shape index (κ3) is 3.65. The molecule has 0 aromatic heterocycles. The van der Waals surface area contributed by atoms with E-state index in [2.05, 4.69) is 5.16 Å². The van der Waals surface area contributed by atoms with E-state index in [0.717, 1.165) is 25.0 Å². The van der Waals surface area contributed by atoms with Crippen molar-refractivity contribution in [3.63, 3.8) is 0 Å². The van der Waals surface area contributed by atoms with Crippen molar-refractivity contribution in [2.75, 3.05) is 0 Å². The van der Waals surface area contributed by atoms with Gasteiger partial charge in [0.15, 0.2) is 0 Å². The molecule has 0 atom stereocenters. The molecule has 3 nitrogen and oxygen atoms in total. The molecule has 0 bridgehead atoms. The summed E-state index contributed by atoms with van der Waals surface area (Å²) in [6.07, 6.45) is 6.37. The first-order valence-corrected chi connectivity index (χ1v) is 5.83. The van der Waals surface area contributed by atoms with Gasteiger partial charge in [0.1, 0.15) is 0 Å². The maximum absolute atomic E-state index is 11.6. The molecule has 0 spiro atoms. The Labute approximate surface area is 91.9 Å². The van der Waals surface area contributed by atoms with Gasteiger partial charge in [-0.05, 0) is 46.0 Å². The summed E-state index contributed by atoms with van der Waals surface area (Å²) in [5, 5.41) is 3.96. The molecule has 1 aliphatic carbocycles. The van der Waals surface area contributed by atoms with E-state index in [-0.39, 0.29) is 5.97 Å². The van der Waals surface area contributed by atoms with Crippen LogP contribution in [0.3, 0.4) is 0 Å². The van der Waals surface area contributed by atoms with Crippen molar-refractivity contribution >= 4 is 11.7 Å². The van der Waals surface area contributed by atoms with E-state index in [9.17, 15) is 4.79 Å². The number of rotatable bonds is 3. The summed E-state index contributed by atoms with van der Waals surface area (Å²) in [5.74, 6) is -0.219. The van der Waals surface area contributed by atoms with E-state index < -0.39 is 5.41 Å². The number of hydrogen-bond donors (Lipinski definition) is 0. The summed E-state index contributed by atoms with van der Waals surface area (Å²) in [6, 6.07) is 0. The van der Waals surface area contributed by atoms with Gasteiger partial charge in [0, 0.05) is 0 Å². The number of oxime groups is 1. The Hall–Kier alpha value is -0.860. The molecule has 1 saturated carbocycles. The van der Waals surface area contributed by atoms with Gasteiger partial charge in [-0.1, -0.05) is 18.5 Å². The van der Waals surface area contributed by atoms with Crippen molar-refractivity contribution in [1.29, 1.82) is 0 Å². The van der Waals surface area contributed by atoms with Crippen molar-refractivity contribution in [2.45, 2.75) is 59.3 Å². The smallest absolute Gasteiger partial charge is 0.318 e. The summed E-state index contributed by atoms with van der Waals surface area (Å²) in [6.45, 7) is 5.75. The van der Waals surface area contributed by atoms with E-state index >= 15 is 0 Å². The van der Waals surface area contributed by atoms with Crippen LogP contribution in [0.2, 0.25) is 0 Å². The van der Waals surface area contributed by atoms with Crippen LogP contribution in [0.25, 0.3) is 0 Å². The average Bonchev–Trinajstić information content (AvgIpc) is 2.27. The zero-order valence-electron chi connectivity index (χ0n) is 10.0. The first-order chi connectivity index (χ1) is 7.06. The molecule has 86 valence electrons. The second kappa shape index (κ2) is 5.29. The minimum atomic E-state index is -0.418. The molecule has 0 saturated heterocycles. The Morgan fingerprint density at radius 1 is 1.33 bits per heavy atom. The van der Waals surface area contributed by atoms with Crippen molar-refractivity contribution in [1.82, 2.24) is 0 Å². The normalized spacial score (nSPS) is 17.4. The molecule has 15 heavy (non-hydrogen) atoms. The summed E-state index contributed by atoms with van der Waals surface area (Å²) in [7, 11) is 0. The van der Waals surface area contributed by atoms with Crippen LogP contribution in [-0.2, 0) is 9.63 Å². The molecule has 0 N–H and O–H groups in total. The molecule has 0 radical (unpaired) electrons. The van der Waals surface area contributed by atoms with E-state index in [0.29, 0.717) is 0 Å². The fourth-order valence-electron chi connectivity index (χ4n) is 1.43. The van der Waals surface area contributed by atoms with Gasteiger partial charge < -0.3 is 4.84 Å². The summed E-state index contributed by atoms with van der Waals surface area (Å²) >= 11 is 0. The van der Waals surface area contributed by atoms with Crippen LogP contribution in [0.5, 0.6) is 0 Å². The third-order valence-electron chi connectivity index (χ3n) is 3.12. The molecular weight excluding hydrogens is 190 g/mol. The topological polar surface area (TPSA) is 38.7 Å². The number of hydrogen-bond acceptors (Lipinski definition) is 3. The molecule has 0 unspecified atom stereocenters. The largest absolute Gasteiger partial charge is 0.340 e. The molecule has 0 aromatic carbocycles. The molecule has 1 fully saturated rings. The van der Waals surface area contributed by atoms with Gasteiger partial charge >= 0.3 is 5.97 Å². The summed E-state index contributed by atoms with van der Waals surface area (Å²) in [5.41, 5.74) is 0.625. The molecule has 0 aromatic rings. The lowest BCUT2D eigenvalue weighted by molar-refractivity contribution is -0.154. The Kier molecular flexibility index (Phi) is 4.30. The molecule has 0 amide bonds. The van der Waals surface area contributed by atoms with E-state index in [4.69, 9.17) is 4.84 Å². The van der Waals surface area contributed by atoms with E-state index in [1.807, 2.05) is 20.8 Å². The van der Waals surface area contributed by atoms with Crippen molar-refractivity contribution in [3.8, 4) is 0 Å². The van der Waals surface area contributed by atoms with Crippen molar-refractivity contribution < 1.29 is 9.63 Å². The summed E-state index contributed by atoms with van der Waals surface area (Å²) < 4.78 is 0. The maximum Gasteiger partial charge on any atom is 0.340 e. The Bertz CT molecular complexity index is 248. The highest BCUT2D eigenvalue weighted by Crippen LogP contribution is 2.22. The molecule has 0 heterocycles. The Balaban J connectivity index is 2.44. The summed E-state index contributed by atoms with van der Waals surface area (Å²) in [4.78, 5) is 16.6. The lowest BCUT2D eigenvalue weighted by Gasteiger charge is -2.18. The first-order valence-electron chi connectivity index (χ1n) is 5.83. The molecular formula is C12H21NO2. The number of carbonyl (C=O) groups excluding carboxylic acids is 1. The van der Waals surface area contributed by atoms with Crippen LogP contribution < -0.4 is 0 Å². The SMILES string of the molecule is CCC(C)(C)C(=O)ON=C1CCCCC1. The monoisotopic (exact) mass is 211 g/mol. The van der Waals surface area contributed by atoms with E-state index in [1.54, 1.807) is 0 Å². The molecule has 3 heteroatoms. The van der Waals surface area contributed by atoms with Gasteiger partial charge in [-0.25, -0.2) is 4.79 Å². The average molecular weight is 211 g/mol. The van der Waals surface area contributed by atoms with E-state index in [1.165, 1.54) is 19.3 Å². The lowest BCUT2D eigenvalue weighted by Crippen LogP contribution is -2.24. The maximum atomic E-state index is 11.6. The van der Waals surface area contributed by atoms with Gasteiger partial charge in [-0.3, -0.25) is 0 Å². The fourth-order valence-corrected chi connectivity index (χ4v) is 1.43. The number of carbonyl (C=O) groups is 1. The van der Waals surface area contributed by atoms with Crippen LogP contribution in [0.15, 0.2) is 5.16 Å². The Morgan fingerprint density at radius 2 is 1.93 bits per heavy atom. The van der Waals surface area contributed by atoms with Crippen LogP contribution in [-0.4, -0.2) is 11.7 Å². The standard InChI is InChI=1S/C12H21NO2/c1-4-12(2,3)11(14)15-13-10-8-6-5-7-9-10/h4-9H2,1-3H3. The fraction of sp³-hybridized carbons (Fsp3) is 0.833. The van der Waals surface area contributed by atoms with Crippen molar-refractivity contribution in [2.24, 2.45) is 10.6 Å². The predicted octanol–water partition coefficient (Wildman–Crippen LogP) is 3.29. The van der Waals surface area contributed by atoms with Crippen LogP contribution in [0, 0.1) is 5.41 Å². The predicted molar refractivity (Wildman–Crippen MR) is 60.7 cm³/mol. The van der Waals surface area contributed by atoms with Gasteiger partial charge in [0.2, 0.25) is 0 Å². The van der Waals surface area contributed by atoms with Crippen LogP contribution in [0.1, 0.15) is 59.3 Å².